The van der Waals surface area contributed by atoms with Gasteiger partial charge in [0.05, 0.1) is 12.5 Å². The highest BCUT2D eigenvalue weighted by Crippen LogP contribution is 2.53. The Balaban J connectivity index is 1.52. The second kappa shape index (κ2) is 9.08. The fraction of sp³-hybridized carbons (Fsp3) is 0.667. The third-order valence-electron chi connectivity index (χ3n) is 7.22. The molecule has 2 heterocycles. The third-order valence-corrected chi connectivity index (χ3v) is 7.22. The van der Waals surface area contributed by atoms with Crippen LogP contribution in [-0.2, 0) is 23.9 Å². The molecule has 2 aliphatic heterocycles. The minimum atomic E-state index is -1.10. The first kappa shape index (κ1) is 22.6. The van der Waals surface area contributed by atoms with E-state index >= 15 is 0 Å². The van der Waals surface area contributed by atoms with Crippen LogP contribution in [0.5, 0.6) is 0 Å². The molecule has 174 valence electrons. The lowest BCUT2D eigenvalue weighted by Crippen LogP contribution is -2.52. The zero-order valence-electron chi connectivity index (χ0n) is 18.9. The summed E-state index contributed by atoms with van der Waals surface area (Å²) in [5.74, 6) is -1.17. The summed E-state index contributed by atoms with van der Waals surface area (Å²) in [7, 11) is 0. The number of rotatable bonds is 7. The van der Waals surface area contributed by atoms with Gasteiger partial charge in [-0.15, -0.1) is 6.58 Å². The molecule has 0 spiro atoms. The molecule has 2 atom stereocenters. The van der Waals surface area contributed by atoms with E-state index in [1.54, 1.807) is 22.8 Å². The van der Waals surface area contributed by atoms with Gasteiger partial charge in [-0.3, -0.25) is 19.2 Å². The lowest BCUT2D eigenvalue weighted by Gasteiger charge is -2.37. The van der Waals surface area contributed by atoms with E-state index in [1.807, 2.05) is 11.0 Å². The fourth-order valence-electron chi connectivity index (χ4n) is 5.41. The summed E-state index contributed by atoms with van der Waals surface area (Å²) in [4.78, 5) is 57.4. The summed E-state index contributed by atoms with van der Waals surface area (Å²) in [6.07, 6.45) is 7.55. The molecule has 0 N–H and O–H groups in total. The molecule has 4 aliphatic rings. The zero-order valence-corrected chi connectivity index (χ0v) is 18.9. The Bertz CT molecular complexity index is 841. The van der Waals surface area contributed by atoms with Gasteiger partial charge in [0.25, 0.3) is 0 Å². The standard InChI is InChI=1S/C24H33N3O5/c1-3-11-27-19-7-5-6-10-24(19,23(31)32-4-2)18(22(27)30)16-20(28)25-12-14-26(15-13-25)21(29)17-8-9-17/h3,7,17-18H,1,4-6,8-16H2,2H3/t18-,24-/m0/s1. The SMILES string of the molecule is C=CCN1C(=O)[C@H](CC(=O)N2CCN(C(=O)C3CC3)CC2)[C@@]2(C(=O)OCC)CCCC=C12. The van der Waals surface area contributed by atoms with Crippen LogP contribution in [0.2, 0.25) is 0 Å². The first-order chi connectivity index (χ1) is 15.4. The maximum absolute atomic E-state index is 13.4. The summed E-state index contributed by atoms with van der Waals surface area (Å²) < 4.78 is 5.43. The number of nitrogens with zero attached hydrogens (tertiary/aromatic N) is 3. The van der Waals surface area contributed by atoms with E-state index < -0.39 is 17.3 Å². The highest BCUT2D eigenvalue weighted by Gasteiger charge is 2.62. The Labute approximate surface area is 189 Å². The van der Waals surface area contributed by atoms with Crippen LogP contribution in [0.25, 0.3) is 0 Å². The van der Waals surface area contributed by atoms with Crippen LogP contribution in [0, 0.1) is 17.3 Å². The smallest absolute Gasteiger partial charge is 0.318 e. The number of likely N-dealkylation sites (tertiary alicyclic amines) is 1. The molecule has 3 fully saturated rings. The molecule has 0 bridgehead atoms. The van der Waals surface area contributed by atoms with Crippen molar-refractivity contribution in [2.24, 2.45) is 17.3 Å². The van der Waals surface area contributed by atoms with Gasteiger partial charge in [0.2, 0.25) is 17.7 Å². The number of fused-ring (bicyclic) bond motifs is 1. The van der Waals surface area contributed by atoms with Crippen LogP contribution in [0.1, 0.15) is 45.4 Å². The van der Waals surface area contributed by atoms with Crippen molar-refractivity contribution >= 4 is 23.7 Å². The Hall–Kier alpha value is -2.64. The van der Waals surface area contributed by atoms with E-state index in [1.165, 1.54) is 0 Å². The van der Waals surface area contributed by atoms with E-state index in [0.29, 0.717) is 44.8 Å². The van der Waals surface area contributed by atoms with E-state index in [-0.39, 0.29) is 36.7 Å². The second-order valence-corrected chi connectivity index (χ2v) is 9.15. The van der Waals surface area contributed by atoms with Crippen molar-refractivity contribution in [3.63, 3.8) is 0 Å². The number of piperazine rings is 1. The van der Waals surface area contributed by atoms with Crippen LogP contribution in [0.3, 0.4) is 0 Å². The van der Waals surface area contributed by atoms with Crippen molar-refractivity contribution in [2.45, 2.75) is 45.4 Å². The van der Waals surface area contributed by atoms with Gasteiger partial charge < -0.3 is 19.4 Å². The number of carbonyl (C=O) groups excluding carboxylic acids is 4. The van der Waals surface area contributed by atoms with Crippen LogP contribution in [0.4, 0.5) is 0 Å². The van der Waals surface area contributed by atoms with Gasteiger partial charge in [0.15, 0.2) is 0 Å². The van der Waals surface area contributed by atoms with Crippen molar-refractivity contribution in [1.82, 2.24) is 14.7 Å². The van der Waals surface area contributed by atoms with Crippen LogP contribution < -0.4 is 0 Å². The number of esters is 1. The fourth-order valence-corrected chi connectivity index (χ4v) is 5.41. The summed E-state index contributed by atoms with van der Waals surface area (Å²) in [5.41, 5.74) is -0.432. The molecule has 0 aromatic heterocycles. The second-order valence-electron chi connectivity index (χ2n) is 9.15. The number of ether oxygens (including phenoxy) is 1. The van der Waals surface area contributed by atoms with Crippen molar-refractivity contribution in [2.75, 3.05) is 39.3 Å². The van der Waals surface area contributed by atoms with Gasteiger partial charge in [-0.1, -0.05) is 12.2 Å². The zero-order chi connectivity index (χ0) is 22.9. The Morgan fingerprint density at radius 2 is 1.88 bits per heavy atom. The van der Waals surface area contributed by atoms with E-state index in [9.17, 15) is 19.2 Å². The molecule has 1 saturated carbocycles. The van der Waals surface area contributed by atoms with Crippen LogP contribution in [0.15, 0.2) is 24.4 Å². The summed E-state index contributed by atoms with van der Waals surface area (Å²) in [6, 6.07) is 0. The summed E-state index contributed by atoms with van der Waals surface area (Å²) in [5, 5.41) is 0. The minimum absolute atomic E-state index is 0.0286. The van der Waals surface area contributed by atoms with Gasteiger partial charge in [-0.05, 0) is 39.0 Å². The molecule has 8 nitrogen and oxygen atoms in total. The minimum Gasteiger partial charge on any atom is -0.465 e. The molecule has 2 saturated heterocycles. The van der Waals surface area contributed by atoms with Crippen molar-refractivity contribution in [3.8, 4) is 0 Å². The molecule has 2 aliphatic carbocycles. The molecule has 32 heavy (non-hydrogen) atoms. The van der Waals surface area contributed by atoms with Gasteiger partial charge in [-0.25, -0.2) is 0 Å². The van der Waals surface area contributed by atoms with Crippen molar-refractivity contribution in [3.05, 3.63) is 24.4 Å². The number of hydrogen-bond donors (Lipinski definition) is 0. The summed E-state index contributed by atoms with van der Waals surface area (Å²) >= 11 is 0. The topological polar surface area (TPSA) is 87.2 Å². The molecule has 4 rings (SSSR count). The number of hydrogen-bond acceptors (Lipinski definition) is 5. The van der Waals surface area contributed by atoms with E-state index in [4.69, 9.17) is 4.74 Å². The average Bonchev–Trinajstić information content (AvgIpc) is 3.62. The largest absolute Gasteiger partial charge is 0.465 e. The molecule has 0 aromatic rings. The maximum Gasteiger partial charge on any atom is 0.318 e. The van der Waals surface area contributed by atoms with Gasteiger partial charge in [0, 0.05) is 50.8 Å². The molecule has 8 heteroatoms. The predicted octanol–water partition coefficient (Wildman–Crippen LogP) is 1.72. The highest BCUT2D eigenvalue weighted by molar-refractivity contribution is 5.99. The molecular weight excluding hydrogens is 410 g/mol. The van der Waals surface area contributed by atoms with Gasteiger partial charge >= 0.3 is 5.97 Å². The molecular formula is C24H33N3O5. The number of carbonyl (C=O) groups is 4. The average molecular weight is 444 g/mol. The lowest BCUT2D eigenvalue weighted by atomic mass is 9.68. The number of allylic oxidation sites excluding steroid dienone is 1. The summed E-state index contributed by atoms with van der Waals surface area (Å²) in [6.45, 7) is 8.00. The Morgan fingerprint density at radius 1 is 1.19 bits per heavy atom. The molecule has 0 unspecified atom stereocenters. The van der Waals surface area contributed by atoms with Crippen LogP contribution in [-0.4, -0.2) is 77.7 Å². The number of amides is 3. The van der Waals surface area contributed by atoms with Crippen LogP contribution >= 0.6 is 0 Å². The predicted molar refractivity (Wildman–Crippen MR) is 117 cm³/mol. The van der Waals surface area contributed by atoms with Gasteiger partial charge in [-0.2, -0.15) is 0 Å². The first-order valence-electron chi connectivity index (χ1n) is 11.8. The molecule has 0 radical (unpaired) electrons. The Kier molecular flexibility index (Phi) is 6.40. The quantitative estimate of drug-likeness (QED) is 0.442. The molecule has 3 amide bonds. The molecule has 0 aromatic carbocycles. The van der Waals surface area contributed by atoms with E-state index in [0.717, 1.165) is 25.7 Å². The van der Waals surface area contributed by atoms with Crippen molar-refractivity contribution < 1.29 is 23.9 Å². The van der Waals surface area contributed by atoms with Crippen molar-refractivity contribution in [1.29, 1.82) is 0 Å². The maximum atomic E-state index is 13.4. The Morgan fingerprint density at radius 3 is 2.50 bits per heavy atom. The normalized spacial score (nSPS) is 27.7. The first-order valence-corrected chi connectivity index (χ1v) is 11.8. The van der Waals surface area contributed by atoms with E-state index in [2.05, 4.69) is 6.58 Å². The monoisotopic (exact) mass is 443 g/mol. The third kappa shape index (κ3) is 3.84. The van der Waals surface area contributed by atoms with Gasteiger partial charge in [0.1, 0.15) is 5.41 Å². The lowest BCUT2D eigenvalue weighted by molar-refractivity contribution is -0.159. The highest BCUT2D eigenvalue weighted by atomic mass is 16.5.